The first kappa shape index (κ1) is 20.0. The molecule has 0 aliphatic heterocycles. The van der Waals surface area contributed by atoms with Gasteiger partial charge in [0.25, 0.3) is 0 Å². The van der Waals surface area contributed by atoms with E-state index >= 15 is 0 Å². The molecule has 10 nitrogen and oxygen atoms in total. The summed E-state index contributed by atoms with van der Waals surface area (Å²) in [7, 11) is 1.77. The van der Waals surface area contributed by atoms with E-state index in [2.05, 4.69) is 41.2 Å². The van der Waals surface area contributed by atoms with Gasteiger partial charge < -0.3 is 27.0 Å². The van der Waals surface area contributed by atoms with Crippen LogP contribution in [0, 0.1) is 0 Å². The highest BCUT2D eigenvalue weighted by Gasteiger charge is 2.13. The Morgan fingerprint density at radius 1 is 1.00 bits per heavy atom. The maximum Gasteiger partial charge on any atom is 0.241 e. The van der Waals surface area contributed by atoms with Crippen LogP contribution in [0.1, 0.15) is 6.42 Å². The molecule has 0 unspecified atom stereocenters. The number of nitrogens with two attached hydrogens (primary N) is 1. The number of anilines is 5. The minimum absolute atomic E-state index is 0.230. The molecule has 0 radical (unpaired) electrons. The number of benzene rings is 1. The summed E-state index contributed by atoms with van der Waals surface area (Å²) in [5, 5.41) is 11.9. The van der Waals surface area contributed by atoms with Crippen molar-refractivity contribution in [2.75, 3.05) is 34.9 Å². The van der Waals surface area contributed by atoms with Crippen molar-refractivity contribution in [2.24, 2.45) is 5.73 Å². The standard InChI is InChI=1S/C19H23N9O/c1-21-17-10-24-18(11-23-17)28-16-9-15(25-12-26-16)22-8-7-14(20)19(29)27-13-5-3-2-4-6-13/h2-6,9-12,14H,7-8,20H2,1H3,(H,21,23)(H,27,29)(H2,22,24,25,26,28)/t14-/m0/s1. The molecule has 0 fully saturated rings. The fraction of sp³-hybridized carbons (Fsp3) is 0.211. The van der Waals surface area contributed by atoms with Crippen LogP contribution in [0.5, 0.6) is 0 Å². The highest BCUT2D eigenvalue weighted by atomic mass is 16.2. The highest BCUT2D eigenvalue weighted by Crippen LogP contribution is 2.14. The average molecular weight is 393 g/mol. The zero-order valence-electron chi connectivity index (χ0n) is 16.0. The van der Waals surface area contributed by atoms with Gasteiger partial charge >= 0.3 is 0 Å². The number of aromatic nitrogens is 4. The molecular weight excluding hydrogens is 370 g/mol. The van der Waals surface area contributed by atoms with Crippen molar-refractivity contribution in [3.63, 3.8) is 0 Å². The Bertz CT molecular complexity index is 918. The molecular formula is C19H23N9O. The topological polar surface area (TPSA) is 143 Å². The van der Waals surface area contributed by atoms with E-state index in [0.717, 1.165) is 5.69 Å². The molecule has 6 N–H and O–H groups in total. The molecule has 29 heavy (non-hydrogen) atoms. The largest absolute Gasteiger partial charge is 0.372 e. The zero-order valence-corrected chi connectivity index (χ0v) is 16.0. The van der Waals surface area contributed by atoms with Crippen molar-refractivity contribution in [1.82, 2.24) is 19.9 Å². The van der Waals surface area contributed by atoms with Crippen LogP contribution in [0.15, 0.2) is 55.1 Å². The lowest BCUT2D eigenvalue weighted by molar-refractivity contribution is -0.117. The number of carbonyl (C=O) groups excluding carboxylic acids is 1. The number of hydrogen-bond acceptors (Lipinski definition) is 9. The summed E-state index contributed by atoms with van der Waals surface area (Å²) in [4.78, 5) is 28.9. The fourth-order valence-corrected chi connectivity index (χ4v) is 2.42. The number of hydrogen-bond donors (Lipinski definition) is 5. The van der Waals surface area contributed by atoms with E-state index < -0.39 is 6.04 Å². The van der Waals surface area contributed by atoms with Crippen LogP contribution >= 0.6 is 0 Å². The van der Waals surface area contributed by atoms with E-state index in [1.165, 1.54) is 6.33 Å². The number of nitrogens with zero attached hydrogens (tertiary/aromatic N) is 4. The summed E-state index contributed by atoms with van der Waals surface area (Å²) < 4.78 is 0. The Balaban J connectivity index is 1.47. The van der Waals surface area contributed by atoms with Gasteiger partial charge in [-0.15, -0.1) is 0 Å². The van der Waals surface area contributed by atoms with Crippen molar-refractivity contribution < 1.29 is 4.79 Å². The van der Waals surface area contributed by atoms with Crippen LogP contribution in [0.2, 0.25) is 0 Å². The second kappa shape index (κ2) is 9.95. The average Bonchev–Trinajstić information content (AvgIpc) is 2.75. The monoisotopic (exact) mass is 393 g/mol. The lowest BCUT2D eigenvalue weighted by Gasteiger charge is -2.13. The first-order chi connectivity index (χ1) is 14.1. The van der Waals surface area contributed by atoms with E-state index in [9.17, 15) is 4.79 Å². The lowest BCUT2D eigenvalue weighted by Crippen LogP contribution is -2.37. The van der Waals surface area contributed by atoms with Crippen LogP contribution < -0.4 is 27.0 Å². The summed E-state index contributed by atoms with van der Waals surface area (Å²) >= 11 is 0. The molecule has 3 aromatic rings. The van der Waals surface area contributed by atoms with Gasteiger partial charge in [-0.2, -0.15) is 0 Å². The molecule has 0 spiro atoms. The second-order valence-electron chi connectivity index (χ2n) is 6.13. The van der Waals surface area contributed by atoms with Crippen molar-refractivity contribution in [2.45, 2.75) is 12.5 Å². The Morgan fingerprint density at radius 2 is 1.72 bits per heavy atom. The van der Waals surface area contributed by atoms with Gasteiger partial charge in [-0.05, 0) is 18.6 Å². The van der Waals surface area contributed by atoms with Gasteiger partial charge in [0.1, 0.15) is 29.6 Å². The predicted octanol–water partition coefficient (Wildman–Crippen LogP) is 1.82. The summed E-state index contributed by atoms with van der Waals surface area (Å²) in [6.07, 6.45) is 5.10. The van der Waals surface area contributed by atoms with Crippen LogP contribution in [0.4, 0.5) is 29.0 Å². The van der Waals surface area contributed by atoms with E-state index in [4.69, 9.17) is 5.73 Å². The summed E-state index contributed by atoms with van der Waals surface area (Å²) in [6.45, 7) is 0.483. The maximum absolute atomic E-state index is 12.1. The second-order valence-corrected chi connectivity index (χ2v) is 6.13. The fourth-order valence-electron chi connectivity index (χ4n) is 2.42. The minimum Gasteiger partial charge on any atom is -0.372 e. The summed E-state index contributed by atoms with van der Waals surface area (Å²) in [5.74, 6) is 2.19. The number of amides is 1. The third-order valence-corrected chi connectivity index (χ3v) is 3.97. The molecule has 0 aliphatic carbocycles. The Kier molecular flexibility index (Phi) is 6.85. The first-order valence-corrected chi connectivity index (χ1v) is 9.08. The van der Waals surface area contributed by atoms with E-state index in [1.54, 1.807) is 25.5 Å². The highest BCUT2D eigenvalue weighted by molar-refractivity contribution is 5.94. The number of rotatable bonds is 9. The number of nitrogens with one attached hydrogen (secondary N) is 4. The minimum atomic E-state index is -0.636. The van der Waals surface area contributed by atoms with Crippen molar-refractivity contribution in [3.8, 4) is 0 Å². The molecule has 1 aromatic carbocycles. The van der Waals surface area contributed by atoms with Gasteiger partial charge in [-0.1, -0.05) is 18.2 Å². The number of carbonyl (C=O) groups is 1. The van der Waals surface area contributed by atoms with Gasteiger partial charge in [-0.3, -0.25) is 4.79 Å². The van der Waals surface area contributed by atoms with Gasteiger partial charge in [0.2, 0.25) is 5.91 Å². The molecule has 2 heterocycles. The van der Waals surface area contributed by atoms with Gasteiger partial charge in [0.05, 0.1) is 18.4 Å². The molecule has 0 saturated heterocycles. The molecule has 0 saturated carbocycles. The smallest absolute Gasteiger partial charge is 0.241 e. The van der Waals surface area contributed by atoms with Crippen LogP contribution in [0.3, 0.4) is 0 Å². The van der Waals surface area contributed by atoms with Crippen LogP contribution in [-0.4, -0.2) is 45.5 Å². The third kappa shape index (κ3) is 6.11. The molecule has 0 bridgehead atoms. The molecule has 0 aliphatic rings. The van der Waals surface area contributed by atoms with Crippen LogP contribution in [0.25, 0.3) is 0 Å². The Morgan fingerprint density at radius 3 is 2.45 bits per heavy atom. The lowest BCUT2D eigenvalue weighted by atomic mass is 10.2. The quantitative estimate of drug-likeness (QED) is 0.368. The molecule has 10 heteroatoms. The van der Waals surface area contributed by atoms with Crippen molar-refractivity contribution in [1.29, 1.82) is 0 Å². The first-order valence-electron chi connectivity index (χ1n) is 9.08. The SMILES string of the molecule is CNc1cnc(Nc2cc(NCC[C@H](N)C(=O)Nc3ccccc3)ncn2)cn1. The predicted molar refractivity (Wildman–Crippen MR) is 113 cm³/mol. The van der Waals surface area contributed by atoms with Gasteiger partial charge in [0.15, 0.2) is 0 Å². The van der Waals surface area contributed by atoms with E-state index in [1.807, 2.05) is 30.3 Å². The molecule has 150 valence electrons. The zero-order chi connectivity index (χ0) is 20.5. The maximum atomic E-state index is 12.1. The molecule has 1 atom stereocenters. The van der Waals surface area contributed by atoms with Crippen molar-refractivity contribution in [3.05, 3.63) is 55.1 Å². The molecule has 3 rings (SSSR count). The summed E-state index contributed by atoms with van der Waals surface area (Å²) in [6, 6.07) is 10.3. The van der Waals surface area contributed by atoms with Crippen LogP contribution in [-0.2, 0) is 4.79 Å². The summed E-state index contributed by atoms with van der Waals surface area (Å²) in [5.41, 5.74) is 6.69. The van der Waals surface area contributed by atoms with E-state index in [0.29, 0.717) is 36.2 Å². The molecule has 1 amide bonds. The third-order valence-electron chi connectivity index (χ3n) is 3.97. The Labute approximate surface area is 168 Å². The van der Waals surface area contributed by atoms with Gasteiger partial charge in [0, 0.05) is 25.3 Å². The Hall–Kier alpha value is -3.79. The van der Waals surface area contributed by atoms with Crippen molar-refractivity contribution >= 4 is 34.9 Å². The normalized spacial score (nSPS) is 11.4. The van der Waals surface area contributed by atoms with E-state index in [-0.39, 0.29) is 5.91 Å². The number of para-hydroxylation sites is 1. The molecule has 2 aromatic heterocycles. The van der Waals surface area contributed by atoms with Gasteiger partial charge in [-0.25, -0.2) is 19.9 Å².